The van der Waals surface area contributed by atoms with E-state index in [9.17, 15) is 9.59 Å². The van der Waals surface area contributed by atoms with Crippen LogP contribution in [0.3, 0.4) is 0 Å². The first kappa shape index (κ1) is 11.3. The maximum absolute atomic E-state index is 11.7. The number of carboxylic acid groups (broad SMARTS) is 1. The molecule has 7 nitrogen and oxygen atoms in total. The number of hydrogen-bond acceptors (Lipinski definition) is 5. The van der Waals surface area contributed by atoms with Gasteiger partial charge in [0.15, 0.2) is 0 Å². The second kappa shape index (κ2) is 4.36. The Labute approximate surface area is 97.0 Å². The minimum atomic E-state index is -0.970. The predicted octanol–water partition coefficient (Wildman–Crippen LogP) is -0.0773. The van der Waals surface area contributed by atoms with Crippen LogP contribution in [-0.2, 0) is 9.59 Å². The summed E-state index contributed by atoms with van der Waals surface area (Å²) in [6, 6.07) is 1.50. The molecule has 1 aromatic rings. The van der Waals surface area contributed by atoms with E-state index < -0.39 is 11.9 Å². The minimum absolute atomic E-state index is 0.00164. The molecule has 2 rings (SSSR count). The zero-order valence-electron chi connectivity index (χ0n) is 9.16. The van der Waals surface area contributed by atoms with Crippen LogP contribution in [0.2, 0.25) is 0 Å². The smallest absolute Gasteiger partial charge is 0.308 e. The van der Waals surface area contributed by atoms with Crippen LogP contribution in [0.25, 0.3) is 0 Å². The molecule has 0 aromatic carbocycles. The maximum atomic E-state index is 11.7. The molecule has 1 N–H and O–H groups in total. The summed E-state index contributed by atoms with van der Waals surface area (Å²) in [5.74, 6) is -1.20. The van der Waals surface area contributed by atoms with Gasteiger partial charge in [-0.2, -0.15) is 0 Å². The van der Waals surface area contributed by atoms with E-state index in [-0.39, 0.29) is 18.9 Å². The largest absolute Gasteiger partial charge is 0.481 e. The lowest BCUT2D eigenvalue weighted by molar-refractivity contribution is -0.141. The van der Waals surface area contributed by atoms with Crippen molar-refractivity contribution in [3.8, 4) is 5.88 Å². The summed E-state index contributed by atoms with van der Waals surface area (Å²) in [4.78, 5) is 31.6. The topological polar surface area (TPSA) is 92.6 Å². The first-order valence-corrected chi connectivity index (χ1v) is 5.01. The highest BCUT2D eigenvalue weighted by molar-refractivity contribution is 5.98. The average molecular weight is 237 g/mol. The van der Waals surface area contributed by atoms with Gasteiger partial charge < -0.3 is 9.84 Å². The second-order valence-corrected chi connectivity index (χ2v) is 3.66. The minimum Gasteiger partial charge on any atom is -0.481 e. The Kier molecular flexibility index (Phi) is 2.90. The number of aromatic nitrogens is 2. The second-order valence-electron chi connectivity index (χ2n) is 3.66. The van der Waals surface area contributed by atoms with Gasteiger partial charge in [0, 0.05) is 19.0 Å². The Bertz CT molecular complexity index is 463. The lowest BCUT2D eigenvalue weighted by Gasteiger charge is -2.14. The molecule has 2 heterocycles. The third kappa shape index (κ3) is 2.17. The van der Waals surface area contributed by atoms with Gasteiger partial charge in [-0.3, -0.25) is 14.5 Å². The molecule has 0 spiro atoms. The van der Waals surface area contributed by atoms with Gasteiger partial charge in [0.25, 0.3) is 0 Å². The van der Waals surface area contributed by atoms with E-state index in [4.69, 9.17) is 9.84 Å². The average Bonchev–Trinajstić information content (AvgIpc) is 2.72. The normalized spacial score (nSPS) is 19.5. The molecule has 7 heteroatoms. The predicted molar refractivity (Wildman–Crippen MR) is 56.7 cm³/mol. The van der Waals surface area contributed by atoms with Crippen LogP contribution in [-0.4, -0.2) is 40.6 Å². The van der Waals surface area contributed by atoms with Gasteiger partial charge in [-0.05, 0) is 0 Å². The van der Waals surface area contributed by atoms with Crippen LogP contribution >= 0.6 is 0 Å². The Morgan fingerprint density at radius 1 is 1.59 bits per heavy atom. The van der Waals surface area contributed by atoms with Gasteiger partial charge in [0.05, 0.1) is 13.0 Å². The summed E-state index contributed by atoms with van der Waals surface area (Å²) >= 11 is 0. The van der Waals surface area contributed by atoms with Gasteiger partial charge in [-0.1, -0.05) is 0 Å². The molecule has 1 saturated heterocycles. The van der Waals surface area contributed by atoms with E-state index in [0.717, 1.165) is 0 Å². The van der Waals surface area contributed by atoms with Crippen molar-refractivity contribution in [2.24, 2.45) is 5.92 Å². The van der Waals surface area contributed by atoms with Crippen molar-refractivity contribution >= 4 is 17.7 Å². The fourth-order valence-corrected chi connectivity index (χ4v) is 1.68. The van der Waals surface area contributed by atoms with Crippen molar-refractivity contribution in [3.63, 3.8) is 0 Å². The zero-order valence-corrected chi connectivity index (χ0v) is 9.16. The molecular weight excluding hydrogens is 226 g/mol. The van der Waals surface area contributed by atoms with E-state index in [2.05, 4.69) is 9.97 Å². The van der Waals surface area contributed by atoms with E-state index in [1.54, 1.807) is 0 Å². The molecular formula is C10H11N3O4. The molecule has 17 heavy (non-hydrogen) atoms. The van der Waals surface area contributed by atoms with E-state index in [1.165, 1.54) is 24.4 Å². The fraction of sp³-hybridized carbons (Fsp3) is 0.400. The Morgan fingerprint density at radius 3 is 2.94 bits per heavy atom. The molecule has 90 valence electrons. The molecule has 1 aliphatic rings. The standard InChI is InChI=1S/C10H11N3O4/c1-17-8-3-7(11-5-12-8)13-4-6(10(15)16)2-9(13)14/h3,5-6H,2,4H2,1H3,(H,15,16). The molecule has 1 amide bonds. The van der Waals surface area contributed by atoms with Gasteiger partial charge in [0.1, 0.15) is 12.1 Å². The highest BCUT2D eigenvalue weighted by Gasteiger charge is 2.35. The molecule has 0 aliphatic carbocycles. The number of aliphatic carboxylic acids is 1. The summed E-state index contributed by atoms with van der Waals surface area (Å²) in [6.45, 7) is 0.133. The number of hydrogen-bond donors (Lipinski definition) is 1. The van der Waals surface area contributed by atoms with Crippen molar-refractivity contribution in [1.29, 1.82) is 0 Å². The summed E-state index contributed by atoms with van der Waals surface area (Å²) in [7, 11) is 1.46. The number of amides is 1. The molecule has 1 atom stereocenters. The van der Waals surface area contributed by atoms with E-state index >= 15 is 0 Å². The van der Waals surface area contributed by atoms with Crippen LogP contribution in [0.4, 0.5) is 5.82 Å². The number of carbonyl (C=O) groups excluding carboxylic acids is 1. The zero-order chi connectivity index (χ0) is 12.4. The van der Waals surface area contributed by atoms with Gasteiger partial charge in [-0.15, -0.1) is 0 Å². The maximum Gasteiger partial charge on any atom is 0.308 e. The van der Waals surface area contributed by atoms with Crippen LogP contribution in [0.15, 0.2) is 12.4 Å². The van der Waals surface area contributed by atoms with Crippen molar-refractivity contribution in [2.45, 2.75) is 6.42 Å². The molecule has 1 unspecified atom stereocenters. The summed E-state index contributed by atoms with van der Waals surface area (Å²) in [5, 5.41) is 8.86. The van der Waals surface area contributed by atoms with E-state index in [1.807, 2.05) is 0 Å². The molecule has 1 aromatic heterocycles. The van der Waals surface area contributed by atoms with Crippen LogP contribution in [0.1, 0.15) is 6.42 Å². The highest BCUT2D eigenvalue weighted by atomic mass is 16.5. The van der Waals surface area contributed by atoms with Crippen LogP contribution in [0.5, 0.6) is 5.88 Å². The van der Waals surface area contributed by atoms with Gasteiger partial charge in [0.2, 0.25) is 11.8 Å². The number of methoxy groups -OCH3 is 1. The number of anilines is 1. The van der Waals surface area contributed by atoms with E-state index in [0.29, 0.717) is 11.7 Å². The number of nitrogens with zero attached hydrogens (tertiary/aromatic N) is 3. The molecule has 0 bridgehead atoms. The highest BCUT2D eigenvalue weighted by Crippen LogP contribution is 2.24. The third-order valence-corrected chi connectivity index (χ3v) is 2.59. The fourth-order valence-electron chi connectivity index (χ4n) is 1.68. The van der Waals surface area contributed by atoms with Crippen molar-refractivity contribution < 1.29 is 19.4 Å². The lowest BCUT2D eigenvalue weighted by Crippen LogP contribution is -2.26. The molecule has 1 aliphatic heterocycles. The Hall–Kier alpha value is -2.18. The third-order valence-electron chi connectivity index (χ3n) is 2.59. The summed E-state index contributed by atoms with van der Waals surface area (Å²) in [5.41, 5.74) is 0. The quantitative estimate of drug-likeness (QED) is 0.790. The van der Waals surface area contributed by atoms with Crippen molar-refractivity contribution in [1.82, 2.24) is 9.97 Å². The molecule has 0 saturated carbocycles. The monoisotopic (exact) mass is 237 g/mol. The van der Waals surface area contributed by atoms with Crippen molar-refractivity contribution in [3.05, 3.63) is 12.4 Å². The first-order valence-electron chi connectivity index (χ1n) is 5.01. The molecule has 1 fully saturated rings. The SMILES string of the molecule is COc1cc(N2CC(C(=O)O)CC2=O)ncn1. The number of carboxylic acids is 1. The summed E-state index contributed by atoms with van der Waals surface area (Å²) < 4.78 is 4.92. The first-order chi connectivity index (χ1) is 8.11. The number of rotatable bonds is 3. The molecule has 0 radical (unpaired) electrons. The summed E-state index contributed by atoms with van der Waals surface area (Å²) in [6.07, 6.45) is 1.27. The van der Waals surface area contributed by atoms with Crippen LogP contribution in [0, 0.1) is 5.92 Å². The lowest BCUT2D eigenvalue weighted by atomic mass is 10.1. The number of carbonyl (C=O) groups is 2. The Morgan fingerprint density at radius 2 is 2.35 bits per heavy atom. The van der Waals surface area contributed by atoms with Crippen LogP contribution < -0.4 is 9.64 Å². The van der Waals surface area contributed by atoms with Crippen molar-refractivity contribution in [2.75, 3.05) is 18.6 Å². The Balaban J connectivity index is 2.22. The van der Waals surface area contributed by atoms with Gasteiger partial charge in [-0.25, -0.2) is 9.97 Å². The number of ether oxygens (including phenoxy) is 1. The van der Waals surface area contributed by atoms with Gasteiger partial charge >= 0.3 is 5.97 Å².